The maximum atomic E-state index is 5.20. The summed E-state index contributed by atoms with van der Waals surface area (Å²) in [4.78, 5) is 2.37. The maximum absolute atomic E-state index is 5.20. The predicted octanol–water partition coefficient (Wildman–Crippen LogP) is 2.08. The SMILES string of the molecule is CCc1cccc(CN(C)C2COC2)c1. The van der Waals surface area contributed by atoms with Crippen molar-refractivity contribution < 1.29 is 4.74 Å². The molecule has 0 amide bonds. The number of hydrogen-bond acceptors (Lipinski definition) is 2. The molecule has 82 valence electrons. The first-order valence-corrected chi connectivity index (χ1v) is 5.65. The van der Waals surface area contributed by atoms with Gasteiger partial charge in [-0.05, 0) is 24.6 Å². The minimum Gasteiger partial charge on any atom is -0.378 e. The molecule has 0 unspecified atom stereocenters. The zero-order valence-corrected chi connectivity index (χ0v) is 9.57. The van der Waals surface area contributed by atoms with Crippen molar-refractivity contribution >= 4 is 0 Å². The smallest absolute Gasteiger partial charge is 0.0645 e. The molecule has 1 aromatic carbocycles. The van der Waals surface area contributed by atoms with Crippen molar-refractivity contribution in [2.24, 2.45) is 0 Å². The van der Waals surface area contributed by atoms with Crippen LogP contribution in [0.4, 0.5) is 0 Å². The van der Waals surface area contributed by atoms with Crippen LogP contribution >= 0.6 is 0 Å². The van der Waals surface area contributed by atoms with E-state index in [1.54, 1.807) is 0 Å². The van der Waals surface area contributed by atoms with Gasteiger partial charge < -0.3 is 4.74 Å². The second kappa shape index (κ2) is 4.77. The third kappa shape index (κ3) is 2.58. The van der Waals surface area contributed by atoms with Crippen molar-refractivity contribution in [3.8, 4) is 0 Å². The van der Waals surface area contributed by atoms with Crippen LogP contribution in [0.5, 0.6) is 0 Å². The lowest BCUT2D eigenvalue weighted by atomic mass is 10.1. The van der Waals surface area contributed by atoms with E-state index in [0.717, 1.165) is 26.2 Å². The molecule has 0 aliphatic carbocycles. The quantitative estimate of drug-likeness (QED) is 0.746. The molecule has 15 heavy (non-hydrogen) atoms. The first-order chi connectivity index (χ1) is 7.29. The van der Waals surface area contributed by atoms with E-state index in [1.807, 2.05) is 0 Å². The van der Waals surface area contributed by atoms with E-state index in [2.05, 4.69) is 43.1 Å². The molecule has 2 rings (SSSR count). The number of rotatable bonds is 4. The molecule has 0 N–H and O–H groups in total. The summed E-state index contributed by atoms with van der Waals surface area (Å²) >= 11 is 0. The van der Waals surface area contributed by atoms with Gasteiger partial charge in [-0.2, -0.15) is 0 Å². The monoisotopic (exact) mass is 205 g/mol. The topological polar surface area (TPSA) is 12.5 Å². The van der Waals surface area contributed by atoms with Crippen LogP contribution in [0.3, 0.4) is 0 Å². The number of nitrogens with zero attached hydrogens (tertiary/aromatic N) is 1. The van der Waals surface area contributed by atoms with Crippen LogP contribution in [-0.4, -0.2) is 31.2 Å². The van der Waals surface area contributed by atoms with Crippen LogP contribution in [0.1, 0.15) is 18.1 Å². The first-order valence-electron chi connectivity index (χ1n) is 5.65. The van der Waals surface area contributed by atoms with Gasteiger partial charge in [0.05, 0.1) is 19.3 Å². The largest absolute Gasteiger partial charge is 0.378 e. The molecule has 0 spiro atoms. The number of ether oxygens (including phenoxy) is 1. The minimum atomic E-state index is 0.621. The number of hydrogen-bond donors (Lipinski definition) is 0. The van der Waals surface area contributed by atoms with Gasteiger partial charge in [0.2, 0.25) is 0 Å². The van der Waals surface area contributed by atoms with Crippen LogP contribution in [0.2, 0.25) is 0 Å². The molecule has 2 nitrogen and oxygen atoms in total. The van der Waals surface area contributed by atoms with Crippen LogP contribution in [-0.2, 0) is 17.7 Å². The summed E-state index contributed by atoms with van der Waals surface area (Å²) in [5.41, 5.74) is 2.83. The second-order valence-corrected chi connectivity index (χ2v) is 4.28. The molecule has 1 fully saturated rings. The van der Waals surface area contributed by atoms with Gasteiger partial charge in [-0.15, -0.1) is 0 Å². The molecule has 0 saturated carbocycles. The molecule has 1 aliphatic heterocycles. The van der Waals surface area contributed by atoms with E-state index in [9.17, 15) is 0 Å². The van der Waals surface area contributed by atoms with Crippen molar-refractivity contribution in [3.05, 3.63) is 35.4 Å². The molecule has 0 aromatic heterocycles. The number of likely N-dealkylation sites (N-methyl/N-ethyl adjacent to an activating group) is 1. The van der Waals surface area contributed by atoms with E-state index in [0.29, 0.717) is 6.04 Å². The summed E-state index contributed by atoms with van der Waals surface area (Å²) in [5.74, 6) is 0. The Morgan fingerprint density at radius 3 is 2.67 bits per heavy atom. The standard InChI is InChI=1S/C13H19NO/c1-3-11-5-4-6-12(7-11)8-14(2)13-9-15-10-13/h4-7,13H,3,8-10H2,1-2H3. The van der Waals surface area contributed by atoms with Crippen LogP contribution in [0.25, 0.3) is 0 Å². The van der Waals surface area contributed by atoms with Crippen molar-refractivity contribution in [1.82, 2.24) is 4.90 Å². The highest BCUT2D eigenvalue weighted by Gasteiger charge is 2.22. The van der Waals surface area contributed by atoms with E-state index in [4.69, 9.17) is 4.74 Å². The minimum absolute atomic E-state index is 0.621. The van der Waals surface area contributed by atoms with Gasteiger partial charge in [0.15, 0.2) is 0 Å². The third-order valence-corrected chi connectivity index (χ3v) is 3.08. The lowest BCUT2D eigenvalue weighted by Crippen LogP contribution is -2.46. The lowest BCUT2D eigenvalue weighted by Gasteiger charge is -2.34. The summed E-state index contributed by atoms with van der Waals surface area (Å²) in [7, 11) is 2.17. The third-order valence-electron chi connectivity index (χ3n) is 3.08. The zero-order chi connectivity index (χ0) is 10.7. The Balaban J connectivity index is 1.96. The molecule has 2 heteroatoms. The Morgan fingerprint density at radius 2 is 2.07 bits per heavy atom. The average molecular weight is 205 g/mol. The fraction of sp³-hybridized carbons (Fsp3) is 0.538. The van der Waals surface area contributed by atoms with Crippen LogP contribution in [0.15, 0.2) is 24.3 Å². The molecule has 0 bridgehead atoms. The van der Waals surface area contributed by atoms with Crippen LogP contribution in [0, 0.1) is 0 Å². The van der Waals surface area contributed by atoms with Gasteiger partial charge in [0.25, 0.3) is 0 Å². The lowest BCUT2D eigenvalue weighted by molar-refractivity contribution is -0.0586. The number of benzene rings is 1. The molecular weight excluding hydrogens is 186 g/mol. The average Bonchev–Trinajstić information content (AvgIpc) is 2.15. The van der Waals surface area contributed by atoms with Crippen molar-refractivity contribution in [3.63, 3.8) is 0 Å². The van der Waals surface area contributed by atoms with E-state index in [-0.39, 0.29) is 0 Å². The van der Waals surface area contributed by atoms with Gasteiger partial charge in [-0.3, -0.25) is 4.90 Å². The molecule has 1 aromatic rings. The maximum Gasteiger partial charge on any atom is 0.0645 e. The predicted molar refractivity (Wildman–Crippen MR) is 61.9 cm³/mol. The Kier molecular flexibility index (Phi) is 3.39. The highest BCUT2D eigenvalue weighted by molar-refractivity contribution is 5.23. The normalized spacial score (nSPS) is 16.7. The second-order valence-electron chi connectivity index (χ2n) is 4.28. The van der Waals surface area contributed by atoms with E-state index >= 15 is 0 Å². The number of aryl methyl sites for hydroxylation is 1. The fourth-order valence-electron chi connectivity index (χ4n) is 1.84. The molecule has 1 aliphatic rings. The van der Waals surface area contributed by atoms with Crippen molar-refractivity contribution in [1.29, 1.82) is 0 Å². The molecule has 1 saturated heterocycles. The van der Waals surface area contributed by atoms with Gasteiger partial charge in [-0.1, -0.05) is 31.2 Å². The Bertz CT molecular complexity index is 320. The van der Waals surface area contributed by atoms with Gasteiger partial charge >= 0.3 is 0 Å². The highest BCUT2D eigenvalue weighted by atomic mass is 16.5. The van der Waals surface area contributed by atoms with Crippen LogP contribution < -0.4 is 0 Å². The van der Waals surface area contributed by atoms with Gasteiger partial charge in [0.1, 0.15) is 0 Å². The van der Waals surface area contributed by atoms with E-state index < -0.39 is 0 Å². The summed E-state index contributed by atoms with van der Waals surface area (Å²) in [6, 6.07) is 9.47. The van der Waals surface area contributed by atoms with Gasteiger partial charge in [0, 0.05) is 6.54 Å². The van der Waals surface area contributed by atoms with E-state index in [1.165, 1.54) is 11.1 Å². The Morgan fingerprint density at radius 1 is 1.33 bits per heavy atom. The highest BCUT2D eigenvalue weighted by Crippen LogP contribution is 2.13. The first kappa shape index (κ1) is 10.7. The Hall–Kier alpha value is -0.860. The zero-order valence-electron chi connectivity index (χ0n) is 9.57. The summed E-state index contributed by atoms with van der Waals surface area (Å²) in [5, 5.41) is 0. The summed E-state index contributed by atoms with van der Waals surface area (Å²) in [6.45, 7) is 5.01. The fourth-order valence-corrected chi connectivity index (χ4v) is 1.84. The summed E-state index contributed by atoms with van der Waals surface area (Å²) in [6.07, 6.45) is 1.12. The Labute approximate surface area is 91.9 Å². The summed E-state index contributed by atoms with van der Waals surface area (Å²) < 4.78 is 5.20. The van der Waals surface area contributed by atoms with Gasteiger partial charge in [-0.25, -0.2) is 0 Å². The van der Waals surface area contributed by atoms with Crippen molar-refractivity contribution in [2.45, 2.75) is 25.9 Å². The van der Waals surface area contributed by atoms with Crippen molar-refractivity contribution in [2.75, 3.05) is 20.3 Å². The molecule has 0 atom stereocenters. The molecular formula is C13H19NO. The molecule has 1 heterocycles. The molecule has 0 radical (unpaired) electrons.